The zero-order chi connectivity index (χ0) is 31.5. The van der Waals surface area contributed by atoms with Gasteiger partial charge in [0, 0.05) is 43.7 Å². The lowest BCUT2D eigenvalue weighted by Crippen LogP contribution is -2.69. The Balaban J connectivity index is 1.01. The number of nitrogens with zero attached hydrogens (tertiary/aromatic N) is 4. The highest BCUT2D eigenvalue weighted by molar-refractivity contribution is 6.48. The van der Waals surface area contributed by atoms with Crippen LogP contribution in [0.1, 0.15) is 83.1 Å². The van der Waals surface area contributed by atoms with Crippen LogP contribution in [0.3, 0.4) is 0 Å². The lowest BCUT2D eigenvalue weighted by atomic mass is 9.52. The third-order valence-corrected chi connectivity index (χ3v) is 10.9. The molecule has 8 rings (SSSR count). The first-order valence-electron chi connectivity index (χ1n) is 15.7. The molecule has 12 heteroatoms. The van der Waals surface area contributed by atoms with E-state index < -0.39 is 29.6 Å². The van der Waals surface area contributed by atoms with E-state index in [-0.39, 0.29) is 40.5 Å². The first-order chi connectivity index (χ1) is 21.6. The van der Waals surface area contributed by atoms with E-state index >= 15 is 0 Å². The number of amides is 2. The second kappa shape index (κ2) is 11.0. The molecule has 2 amide bonds. The quantitative estimate of drug-likeness (QED) is 0.320. The number of nitrogens with one attached hydrogen (secondary N) is 2. The molecule has 0 radical (unpaired) electrons. The van der Waals surface area contributed by atoms with E-state index in [9.17, 15) is 24.0 Å². The summed E-state index contributed by atoms with van der Waals surface area (Å²) in [4.78, 5) is 69.1. The summed E-state index contributed by atoms with van der Waals surface area (Å²) in [5.41, 5.74) is 9.52. The van der Waals surface area contributed by atoms with E-state index in [0.29, 0.717) is 25.3 Å². The van der Waals surface area contributed by atoms with Gasteiger partial charge in [-0.05, 0) is 74.0 Å². The molecule has 234 valence electrons. The predicted octanol–water partition coefficient (Wildman–Crippen LogP) is 1.52. The van der Waals surface area contributed by atoms with Crippen molar-refractivity contribution in [2.24, 2.45) is 16.6 Å². The molecule has 2 bridgehead atoms. The standard InChI is InChI=1S/C33H37N7O5/c1-19(41)33-9-6-32(7-10-33,8-11-33)18-36-31(45)24-15-23(38-25-4-12-37-40(24)25)30(44)35-16-20-2-3-21-5-13-39(17-22(21)14-20)27-26(34)28(42)29(27)43/h2-4,12,14-15,26-27H,5-11,13,16-18,34H2,1H3,(H,35,44)(H,36,45). The van der Waals surface area contributed by atoms with Gasteiger partial charge in [-0.3, -0.25) is 28.9 Å². The maximum Gasteiger partial charge on any atom is 0.270 e. The summed E-state index contributed by atoms with van der Waals surface area (Å²) in [5, 5.41) is 10.3. The smallest absolute Gasteiger partial charge is 0.270 e. The molecule has 3 aromatic rings. The van der Waals surface area contributed by atoms with Crippen molar-refractivity contribution < 1.29 is 24.0 Å². The van der Waals surface area contributed by atoms with Crippen molar-refractivity contribution in [1.82, 2.24) is 30.1 Å². The topological polar surface area (TPSA) is 169 Å². The number of rotatable bonds is 8. The molecule has 4 fully saturated rings. The van der Waals surface area contributed by atoms with E-state index in [2.05, 4.69) is 20.7 Å². The van der Waals surface area contributed by atoms with E-state index in [1.54, 1.807) is 19.2 Å². The number of carbonyl (C=O) groups is 5. The van der Waals surface area contributed by atoms with Crippen LogP contribution in [-0.2, 0) is 33.9 Å². The largest absolute Gasteiger partial charge is 0.350 e. The molecule has 2 unspecified atom stereocenters. The molecule has 4 aliphatic carbocycles. The highest BCUT2D eigenvalue weighted by atomic mass is 16.2. The average molecular weight is 612 g/mol. The number of hydrogen-bond donors (Lipinski definition) is 3. The average Bonchev–Trinajstić information content (AvgIpc) is 3.55. The van der Waals surface area contributed by atoms with Crippen molar-refractivity contribution in [3.63, 3.8) is 0 Å². The van der Waals surface area contributed by atoms with Crippen LogP contribution >= 0.6 is 0 Å². The van der Waals surface area contributed by atoms with Gasteiger partial charge in [-0.15, -0.1) is 0 Å². The fraction of sp³-hybridized carbons (Fsp3) is 0.485. The Morgan fingerprint density at radius 1 is 0.956 bits per heavy atom. The van der Waals surface area contributed by atoms with E-state index in [4.69, 9.17) is 5.73 Å². The fourth-order valence-electron chi connectivity index (χ4n) is 7.77. The van der Waals surface area contributed by atoms with Crippen LogP contribution < -0.4 is 16.4 Å². The summed E-state index contributed by atoms with van der Waals surface area (Å²) in [6.45, 7) is 3.62. The molecule has 0 saturated heterocycles. The maximum atomic E-state index is 13.5. The van der Waals surface area contributed by atoms with Gasteiger partial charge in [0.1, 0.15) is 17.2 Å². The molecule has 1 aromatic carbocycles. The molecular formula is C33H37N7O5. The molecule has 45 heavy (non-hydrogen) atoms. The van der Waals surface area contributed by atoms with E-state index in [1.165, 1.54) is 10.6 Å². The number of carbonyl (C=O) groups excluding carboxylic acids is 5. The zero-order valence-electron chi connectivity index (χ0n) is 25.3. The SMILES string of the molecule is CC(=O)C12CCC(CNC(=O)c3cc(C(=O)NCc4ccc5c(c4)CN(C4C(=O)C(=O)C4N)CC5)nc4ccnn34)(CC1)CC2. The summed E-state index contributed by atoms with van der Waals surface area (Å²) in [5.74, 6) is -1.39. The van der Waals surface area contributed by atoms with Crippen molar-refractivity contribution in [1.29, 1.82) is 0 Å². The first kappa shape index (κ1) is 29.4. The van der Waals surface area contributed by atoms with Crippen molar-refractivity contribution in [2.45, 2.75) is 77.0 Å². The van der Waals surface area contributed by atoms with Gasteiger partial charge in [0.2, 0.25) is 11.6 Å². The number of ketones is 3. The summed E-state index contributed by atoms with van der Waals surface area (Å²) in [7, 11) is 0. The summed E-state index contributed by atoms with van der Waals surface area (Å²) >= 11 is 0. The molecule has 2 atom stereocenters. The Morgan fingerprint density at radius 3 is 2.42 bits per heavy atom. The van der Waals surface area contributed by atoms with Crippen LogP contribution in [0.2, 0.25) is 0 Å². The number of fused-ring (bicyclic) bond motifs is 5. The van der Waals surface area contributed by atoms with Crippen LogP contribution in [0, 0.1) is 10.8 Å². The Labute approximate surface area is 260 Å². The number of aromatic nitrogens is 3. The molecule has 5 aliphatic rings. The van der Waals surface area contributed by atoms with Gasteiger partial charge in [-0.1, -0.05) is 18.2 Å². The van der Waals surface area contributed by atoms with Crippen molar-refractivity contribution in [2.75, 3.05) is 13.1 Å². The number of benzene rings is 1. The molecule has 3 heterocycles. The summed E-state index contributed by atoms with van der Waals surface area (Å²) in [6.07, 6.45) is 7.66. The molecular weight excluding hydrogens is 574 g/mol. The minimum absolute atomic E-state index is 0.00784. The first-order valence-corrected chi connectivity index (χ1v) is 15.7. The highest BCUT2D eigenvalue weighted by Crippen LogP contribution is 2.56. The monoisotopic (exact) mass is 611 g/mol. The van der Waals surface area contributed by atoms with Gasteiger partial charge in [0.05, 0.1) is 18.3 Å². The Kier molecular flexibility index (Phi) is 7.16. The fourth-order valence-corrected chi connectivity index (χ4v) is 7.77. The van der Waals surface area contributed by atoms with Gasteiger partial charge in [-0.2, -0.15) is 5.10 Å². The van der Waals surface area contributed by atoms with Crippen molar-refractivity contribution >= 4 is 34.8 Å². The minimum Gasteiger partial charge on any atom is -0.350 e. The zero-order valence-corrected chi connectivity index (χ0v) is 25.3. The summed E-state index contributed by atoms with van der Waals surface area (Å²) < 4.78 is 1.44. The predicted molar refractivity (Wildman–Crippen MR) is 162 cm³/mol. The number of nitrogens with two attached hydrogens (primary N) is 1. The third-order valence-electron chi connectivity index (χ3n) is 10.9. The van der Waals surface area contributed by atoms with E-state index in [0.717, 1.165) is 61.6 Å². The number of hydrogen-bond acceptors (Lipinski definition) is 9. The van der Waals surface area contributed by atoms with Crippen LogP contribution in [-0.4, -0.2) is 73.8 Å². The molecule has 1 aliphatic heterocycles. The molecule has 4 saturated carbocycles. The minimum atomic E-state index is -0.767. The summed E-state index contributed by atoms with van der Waals surface area (Å²) in [6, 6.07) is 7.77. The van der Waals surface area contributed by atoms with Crippen LogP contribution in [0.25, 0.3) is 5.65 Å². The Bertz CT molecular complexity index is 1740. The Hall–Kier alpha value is -4.29. The number of Topliss-reactive ketones (excluding diaryl/α,β-unsaturated/α-hetero) is 3. The van der Waals surface area contributed by atoms with E-state index in [1.807, 2.05) is 23.1 Å². The second-order valence-corrected chi connectivity index (χ2v) is 13.4. The Morgan fingerprint density at radius 2 is 1.71 bits per heavy atom. The molecule has 0 spiro atoms. The van der Waals surface area contributed by atoms with Crippen LogP contribution in [0.15, 0.2) is 36.5 Å². The van der Waals surface area contributed by atoms with Crippen molar-refractivity contribution in [3.05, 3.63) is 64.6 Å². The highest BCUT2D eigenvalue weighted by Gasteiger charge is 2.51. The van der Waals surface area contributed by atoms with Gasteiger partial charge in [0.25, 0.3) is 11.8 Å². The second-order valence-electron chi connectivity index (χ2n) is 13.4. The molecule has 12 nitrogen and oxygen atoms in total. The van der Waals surface area contributed by atoms with Gasteiger partial charge in [0.15, 0.2) is 5.65 Å². The van der Waals surface area contributed by atoms with Crippen LogP contribution in [0.5, 0.6) is 0 Å². The molecule has 2 aromatic heterocycles. The van der Waals surface area contributed by atoms with Crippen molar-refractivity contribution in [3.8, 4) is 0 Å². The lowest BCUT2D eigenvalue weighted by Gasteiger charge is -2.52. The third kappa shape index (κ3) is 5.05. The van der Waals surface area contributed by atoms with Gasteiger partial charge in [-0.25, -0.2) is 9.50 Å². The van der Waals surface area contributed by atoms with Gasteiger partial charge < -0.3 is 16.4 Å². The normalized spacial score (nSPS) is 27.6. The maximum absolute atomic E-state index is 13.5. The lowest BCUT2D eigenvalue weighted by molar-refractivity contribution is -0.150. The van der Waals surface area contributed by atoms with Gasteiger partial charge >= 0.3 is 0 Å². The molecule has 4 N–H and O–H groups in total. The van der Waals surface area contributed by atoms with Crippen LogP contribution in [0.4, 0.5) is 0 Å².